The molecule has 0 saturated heterocycles. The third-order valence-electron chi connectivity index (χ3n) is 2.98. The van der Waals surface area contributed by atoms with Crippen LogP contribution in [0.3, 0.4) is 0 Å². The number of aromatic amines is 1. The first kappa shape index (κ1) is 12.8. The standard InChI is InChI=1S/C14H18FN3/c1-9-8-11(4-5-12(9)15)14-10(2)17-13(18-14)6-7-16-3/h4-5,8,16H,6-7H2,1-3H3,(H,17,18). The number of likely N-dealkylation sites (N-methyl/N-ethyl adjacent to an activating group) is 1. The first-order chi connectivity index (χ1) is 8.61. The summed E-state index contributed by atoms with van der Waals surface area (Å²) in [6.45, 7) is 4.64. The van der Waals surface area contributed by atoms with Crippen molar-refractivity contribution < 1.29 is 4.39 Å². The van der Waals surface area contributed by atoms with Gasteiger partial charge < -0.3 is 10.3 Å². The van der Waals surface area contributed by atoms with Crippen LogP contribution in [0.5, 0.6) is 0 Å². The molecule has 2 aromatic rings. The van der Waals surface area contributed by atoms with E-state index in [0.29, 0.717) is 5.56 Å². The van der Waals surface area contributed by atoms with Gasteiger partial charge in [0, 0.05) is 24.2 Å². The van der Waals surface area contributed by atoms with E-state index in [2.05, 4.69) is 15.3 Å². The summed E-state index contributed by atoms with van der Waals surface area (Å²) in [4.78, 5) is 7.84. The van der Waals surface area contributed by atoms with E-state index in [1.165, 1.54) is 6.07 Å². The minimum Gasteiger partial charge on any atom is -0.346 e. The van der Waals surface area contributed by atoms with E-state index in [4.69, 9.17) is 0 Å². The molecule has 0 atom stereocenters. The number of H-pyrrole nitrogens is 1. The SMILES string of the molecule is CNCCc1nc(-c2ccc(F)c(C)c2)c(C)[nH]1. The van der Waals surface area contributed by atoms with Crippen LogP contribution in [0, 0.1) is 19.7 Å². The molecule has 0 spiro atoms. The molecule has 0 unspecified atom stereocenters. The van der Waals surface area contributed by atoms with Crippen molar-refractivity contribution in [3.8, 4) is 11.3 Å². The molecular formula is C14H18FN3. The molecule has 2 N–H and O–H groups in total. The van der Waals surface area contributed by atoms with Gasteiger partial charge in [-0.15, -0.1) is 0 Å². The van der Waals surface area contributed by atoms with Gasteiger partial charge in [0.2, 0.25) is 0 Å². The first-order valence-corrected chi connectivity index (χ1v) is 6.08. The Balaban J connectivity index is 2.32. The highest BCUT2D eigenvalue weighted by atomic mass is 19.1. The Labute approximate surface area is 106 Å². The third-order valence-corrected chi connectivity index (χ3v) is 2.98. The summed E-state index contributed by atoms with van der Waals surface area (Å²) in [6.07, 6.45) is 0.859. The molecule has 1 heterocycles. The van der Waals surface area contributed by atoms with Gasteiger partial charge >= 0.3 is 0 Å². The van der Waals surface area contributed by atoms with E-state index in [1.54, 1.807) is 13.0 Å². The Hall–Kier alpha value is -1.68. The van der Waals surface area contributed by atoms with Crippen LogP contribution in [-0.4, -0.2) is 23.6 Å². The fraction of sp³-hybridized carbons (Fsp3) is 0.357. The van der Waals surface area contributed by atoms with Crippen LogP contribution < -0.4 is 5.32 Å². The summed E-state index contributed by atoms with van der Waals surface area (Å²) in [7, 11) is 1.92. The number of hydrogen-bond donors (Lipinski definition) is 2. The molecule has 0 aliphatic rings. The van der Waals surface area contributed by atoms with Crippen molar-refractivity contribution >= 4 is 0 Å². The molecule has 0 saturated carbocycles. The predicted molar refractivity (Wildman–Crippen MR) is 71.1 cm³/mol. The Morgan fingerprint density at radius 2 is 2.11 bits per heavy atom. The van der Waals surface area contributed by atoms with Crippen LogP contribution in [0.15, 0.2) is 18.2 Å². The van der Waals surface area contributed by atoms with Crippen molar-refractivity contribution in [2.24, 2.45) is 0 Å². The molecule has 0 fully saturated rings. The Bertz CT molecular complexity index is 546. The molecule has 96 valence electrons. The number of rotatable bonds is 4. The number of nitrogens with zero attached hydrogens (tertiary/aromatic N) is 1. The van der Waals surface area contributed by atoms with Crippen LogP contribution in [-0.2, 0) is 6.42 Å². The minimum atomic E-state index is -0.178. The number of benzene rings is 1. The normalized spacial score (nSPS) is 10.9. The number of aryl methyl sites for hydroxylation is 2. The average Bonchev–Trinajstić information content (AvgIpc) is 2.71. The molecule has 0 bridgehead atoms. The molecule has 0 aliphatic heterocycles. The zero-order chi connectivity index (χ0) is 13.1. The fourth-order valence-electron chi connectivity index (χ4n) is 1.96. The maximum Gasteiger partial charge on any atom is 0.126 e. The molecule has 3 nitrogen and oxygen atoms in total. The van der Waals surface area contributed by atoms with Crippen molar-refractivity contribution in [3.63, 3.8) is 0 Å². The summed E-state index contributed by atoms with van der Waals surface area (Å²) in [5.74, 6) is 0.779. The molecule has 1 aromatic heterocycles. The van der Waals surface area contributed by atoms with Gasteiger partial charge in [-0.3, -0.25) is 0 Å². The third kappa shape index (κ3) is 2.59. The van der Waals surface area contributed by atoms with E-state index in [-0.39, 0.29) is 5.82 Å². The van der Waals surface area contributed by atoms with E-state index in [1.807, 2.05) is 20.0 Å². The number of hydrogen-bond acceptors (Lipinski definition) is 2. The molecule has 18 heavy (non-hydrogen) atoms. The lowest BCUT2D eigenvalue weighted by molar-refractivity contribution is 0.619. The van der Waals surface area contributed by atoms with E-state index >= 15 is 0 Å². The molecule has 4 heteroatoms. The maximum absolute atomic E-state index is 13.3. The fourth-order valence-corrected chi connectivity index (χ4v) is 1.96. The second kappa shape index (κ2) is 5.31. The largest absolute Gasteiger partial charge is 0.346 e. The average molecular weight is 247 g/mol. The maximum atomic E-state index is 13.3. The van der Waals surface area contributed by atoms with Crippen LogP contribution in [0.2, 0.25) is 0 Å². The quantitative estimate of drug-likeness (QED) is 0.872. The van der Waals surface area contributed by atoms with Gasteiger partial charge in [0.15, 0.2) is 0 Å². The zero-order valence-corrected chi connectivity index (χ0v) is 11.0. The van der Waals surface area contributed by atoms with Crippen LogP contribution in [0.4, 0.5) is 4.39 Å². The monoisotopic (exact) mass is 247 g/mol. The van der Waals surface area contributed by atoms with Crippen molar-refractivity contribution in [2.45, 2.75) is 20.3 Å². The second-order valence-corrected chi connectivity index (χ2v) is 4.47. The topological polar surface area (TPSA) is 40.7 Å². The molecule has 0 amide bonds. The highest BCUT2D eigenvalue weighted by Gasteiger charge is 2.10. The van der Waals surface area contributed by atoms with Gasteiger partial charge in [0.25, 0.3) is 0 Å². The molecule has 0 radical (unpaired) electrons. The molecule has 0 aliphatic carbocycles. The summed E-state index contributed by atoms with van der Waals surface area (Å²) in [6, 6.07) is 5.10. The van der Waals surface area contributed by atoms with Gasteiger partial charge in [0.05, 0.1) is 5.69 Å². The Morgan fingerprint density at radius 3 is 2.78 bits per heavy atom. The van der Waals surface area contributed by atoms with Crippen LogP contribution in [0.25, 0.3) is 11.3 Å². The van der Waals surface area contributed by atoms with Gasteiger partial charge in [-0.25, -0.2) is 9.37 Å². The molecule has 1 aromatic carbocycles. The lowest BCUT2D eigenvalue weighted by Gasteiger charge is -2.01. The van der Waals surface area contributed by atoms with E-state index in [9.17, 15) is 4.39 Å². The summed E-state index contributed by atoms with van der Waals surface area (Å²) < 4.78 is 13.3. The van der Waals surface area contributed by atoms with E-state index in [0.717, 1.165) is 35.7 Å². The summed E-state index contributed by atoms with van der Waals surface area (Å²) in [5.41, 5.74) is 3.53. The van der Waals surface area contributed by atoms with E-state index < -0.39 is 0 Å². The summed E-state index contributed by atoms with van der Waals surface area (Å²) >= 11 is 0. The van der Waals surface area contributed by atoms with Gasteiger partial charge in [-0.05, 0) is 44.7 Å². The van der Waals surface area contributed by atoms with Crippen molar-refractivity contribution in [1.29, 1.82) is 0 Å². The number of nitrogens with one attached hydrogen (secondary N) is 2. The summed E-state index contributed by atoms with van der Waals surface area (Å²) in [5, 5.41) is 3.09. The predicted octanol–water partition coefficient (Wildman–Crippen LogP) is 2.59. The van der Waals surface area contributed by atoms with Crippen LogP contribution in [0.1, 0.15) is 17.1 Å². The first-order valence-electron chi connectivity index (χ1n) is 6.08. The van der Waals surface area contributed by atoms with Crippen molar-refractivity contribution in [3.05, 3.63) is 41.1 Å². The highest BCUT2D eigenvalue weighted by molar-refractivity contribution is 5.62. The lowest BCUT2D eigenvalue weighted by atomic mass is 10.1. The van der Waals surface area contributed by atoms with Crippen molar-refractivity contribution in [2.75, 3.05) is 13.6 Å². The van der Waals surface area contributed by atoms with Crippen LogP contribution >= 0.6 is 0 Å². The van der Waals surface area contributed by atoms with Gasteiger partial charge in [-0.1, -0.05) is 0 Å². The Morgan fingerprint density at radius 1 is 1.33 bits per heavy atom. The smallest absolute Gasteiger partial charge is 0.126 e. The highest BCUT2D eigenvalue weighted by Crippen LogP contribution is 2.23. The number of imidazole rings is 1. The Kier molecular flexibility index (Phi) is 3.77. The van der Waals surface area contributed by atoms with Gasteiger partial charge in [0.1, 0.15) is 11.6 Å². The zero-order valence-electron chi connectivity index (χ0n) is 11.0. The molecule has 2 rings (SSSR count). The molecular weight excluding hydrogens is 229 g/mol. The lowest BCUT2D eigenvalue weighted by Crippen LogP contribution is -2.11. The second-order valence-electron chi connectivity index (χ2n) is 4.47. The number of aromatic nitrogens is 2. The number of halogens is 1. The van der Waals surface area contributed by atoms with Crippen molar-refractivity contribution in [1.82, 2.24) is 15.3 Å². The minimum absolute atomic E-state index is 0.178. The van der Waals surface area contributed by atoms with Gasteiger partial charge in [-0.2, -0.15) is 0 Å².